The van der Waals surface area contributed by atoms with Crippen LogP contribution in [0.3, 0.4) is 0 Å². The van der Waals surface area contributed by atoms with E-state index in [1.807, 2.05) is 121 Å². The van der Waals surface area contributed by atoms with Crippen LogP contribution in [0.5, 0.6) is 0 Å². The van der Waals surface area contributed by atoms with E-state index in [9.17, 15) is 0 Å². The number of benzene rings is 5. The zero-order valence-electron chi connectivity index (χ0n) is 18.4. The van der Waals surface area contributed by atoms with Gasteiger partial charge in [-0.2, -0.15) is 0 Å². The third kappa shape index (κ3) is 6.25. The maximum atomic E-state index is 5.79. The average molecular weight is 430 g/mol. The minimum absolute atomic E-state index is 0.773. The molecule has 3 heteroatoms. The fourth-order valence-electron chi connectivity index (χ4n) is 3.43. The fraction of sp³-hybridized carbons (Fsp3) is 0. The molecule has 0 heterocycles. The van der Waals surface area contributed by atoms with E-state index in [0.29, 0.717) is 0 Å². The minimum Gasteiger partial charge on any atom is -0.399 e. The van der Waals surface area contributed by atoms with Crippen molar-refractivity contribution in [1.82, 2.24) is 0 Å². The fourth-order valence-corrected chi connectivity index (χ4v) is 3.43. The second-order valence-corrected chi connectivity index (χ2v) is 7.46. The third-order valence-electron chi connectivity index (χ3n) is 5.02. The average Bonchev–Trinajstić information content (AvgIpc) is 2.88. The number of hydrogen-bond acceptors (Lipinski definition) is 3. The van der Waals surface area contributed by atoms with E-state index in [2.05, 4.69) is 34.5 Å². The molecule has 0 radical (unpaired) electrons. The van der Waals surface area contributed by atoms with Crippen molar-refractivity contribution < 1.29 is 0 Å². The van der Waals surface area contributed by atoms with Crippen molar-refractivity contribution in [2.75, 3.05) is 16.0 Å². The largest absolute Gasteiger partial charge is 0.399 e. The second-order valence-electron chi connectivity index (χ2n) is 7.46. The van der Waals surface area contributed by atoms with E-state index in [1.165, 1.54) is 0 Å². The minimum atomic E-state index is 0.773. The number of rotatable bonds is 5. The molecule has 0 unspecified atom stereocenters. The molecule has 0 bridgehead atoms. The molecule has 3 nitrogen and oxygen atoms in total. The molecule has 162 valence electrons. The van der Waals surface area contributed by atoms with Gasteiger partial charge in [0.1, 0.15) is 0 Å². The monoisotopic (exact) mass is 429 g/mol. The lowest BCUT2D eigenvalue weighted by Crippen LogP contribution is -2.09. The van der Waals surface area contributed by atoms with Crippen LogP contribution >= 0.6 is 0 Å². The SMILES string of the molecule is Nc1ccc(N(c2ccccc2)c2ccccc2)cc1.c1ccc(Nc2ccccc2)cc1. The first-order chi connectivity index (χ1) is 16.3. The Hall–Kier alpha value is -4.50. The van der Waals surface area contributed by atoms with Crippen molar-refractivity contribution in [3.63, 3.8) is 0 Å². The van der Waals surface area contributed by atoms with Gasteiger partial charge < -0.3 is 16.0 Å². The normalized spacial score (nSPS) is 9.94. The molecular weight excluding hydrogens is 402 g/mol. The van der Waals surface area contributed by atoms with Gasteiger partial charge in [0.05, 0.1) is 0 Å². The van der Waals surface area contributed by atoms with Crippen molar-refractivity contribution >= 4 is 34.1 Å². The van der Waals surface area contributed by atoms with E-state index in [-0.39, 0.29) is 0 Å². The molecule has 3 N–H and O–H groups in total. The van der Waals surface area contributed by atoms with Gasteiger partial charge in [-0.15, -0.1) is 0 Å². The van der Waals surface area contributed by atoms with Crippen molar-refractivity contribution in [3.05, 3.63) is 146 Å². The van der Waals surface area contributed by atoms with E-state index >= 15 is 0 Å². The molecule has 0 spiro atoms. The van der Waals surface area contributed by atoms with Gasteiger partial charge in [0.15, 0.2) is 0 Å². The zero-order chi connectivity index (χ0) is 22.7. The summed E-state index contributed by atoms with van der Waals surface area (Å²) in [6.45, 7) is 0. The Labute approximate surface area is 195 Å². The van der Waals surface area contributed by atoms with Crippen molar-refractivity contribution in [2.24, 2.45) is 0 Å². The lowest BCUT2D eigenvalue weighted by Gasteiger charge is -2.25. The summed E-state index contributed by atoms with van der Waals surface area (Å²) < 4.78 is 0. The third-order valence-corrected chi connectivity index (χ3v) is 5.02. The van der Waals surface area contributed by atoms with E-state index in [1.54, 1.807) is 0 Å². The first kappa shape index (κ1) is 21.7. The molecule has 0 amide bonds. The molecule has 0 saturated carbocycles. The Bertz CT molecular complexity index is 1130. The quantitative estimate of drug-likeness (QED) is 0.277. The van der Waals surface area contributed by atoms with Crippen LogP contribution in [0, 0.1) is 0 Å². The predicted molar refractivity (Wildman–Crippen MR) is 142 cm³/mol. The molecule has 33 heavy (non-hydrogen) atoms. The molecule has 5 aromatic carbocycles. The number of para-hydroxylation sites is 4. The Morgan fingerprint density at radius 1 is 0.394 bits per heavy atom. The molecule has 5 rings (SSSR count). The highest BCUT2D eigenvalue weighted by molar-refractivity contribution is 5.76. The van der Waals surface area contributed by atoms with Crippen LogP contribution in [0.25, 0.3) is 0 Å². The summed E-state index contributed by atoms with van der Waals surface area (Å²) in [5.41, 5.74) is 12.1. The Morgan fingerprint density at radius 3 is 1.12 bits per heavy atom. The van der Waals surface area contributed by atoms with E-state index in [4.69, 9.17) is 5.73 Å². The summed E-state index contributed by atoms with van der Waals surface area (Å²) in [6, 6.07) is 48.8. The van der Waals surface area contributed by atoms with Gasteiger partial charge in [0.25, 0.3) is 0 Å². The van der Waals surface area contributed by atoms with Gasteiger partial charge in [0, 0.05) is 34.1 Å². The predicted octanol–water partition coefficient (Wildman–Crippen LogP) is 8.17. The highest BCUT2D eigenvalue weighted by Crippen LogP contribution is 2.34. The first-order valence-electron chi connectivity index (χ1n) is 10.9. The molecule has 0 aliphatic heterocycles. The van der Waals surface area contributed by atoms with Crippen LogP contribution in [0.2, 0.25) is 0 Å². The van der Waals surface area contributed by atoms with Crippen LogP contribution < -0.4 is 16.0 Å². The summed E-state index contributed by atoms with van der Waals surface area (Å²) in [7, 11) is 0. The molecule has 5 aromatic rings. The standard InChI is InChI=1S/C18H16N2.C12H11N/c19-15-11-13-18(14-12-15)20(16-7-3-1-4-8-16)17-9-5-2-6-10-17;1-3-7-11(8-4-1)13-12-9-5-2-6-10-12/h1-14H,19H2;1-10,13H. The molecule has 0 aromatic heterocycles. The second kappa shape index (κ2) is 11.2. The number of nitrogens with one attached hydrogen (secondary N) is 1. The number of nitrogens with zero attached hydrogens (tertiary/aromatic N) is 1. The summed E-state index contributed by atoms with van der Waals surface area (Å²) in [6.07, 6.45) is 0. The molecular formula is C30H27N3. The molecule has 0 aliphatic carbocycles. The van der Waals surface area contributed by atoms with Gasteiger partial charge in [-0.05, 0) is 72.8 Å². The number of nitrogens with two attached hydrogens (primary N) is 1. The van der Waals surface area contributed by atoms with Crippen LogP contribution in [-0.4, -0.2) is 0 Å². The Morgan fingerprint density at radius 2 is 0.727 bits per heavy atom. The number of hydrogen-bond donors (Lipinski definition) is 2. The summed E-state index contributed by atoms with van der Waals surface area (Å²) in [5.74, 6) is 0. The Balaban J connectivity index is 0.000000172. The molecule has 0 aliphatic rings. The summed E-state index contributed by atoms with van der Waals surface area (Å²) in [4.78, 5) is 2.21. The van der Waals surface area contributed by atoms with Crippen LogP contribution in [0.15, 0.2) is 146 Å². The Kier molecular flexibility index (Phi) is 7.38. The maximum Gasteiger partial charge on any atom is 0.0463 e. The van der Waals surface area contributed by atoms with Crippen molar-refractivity contribution in [1.29, 1.82) is 0 Å². The molecule has 0 fully saturated rings. The number of nitrogen functional groups attached to an aromatic ring is 1. The lowest BCUT2D eigenvalue weighted by molar-refractivity contribution is 1.28. The van der Waals surface area contributed by atoms with E-state index in [0.717, 1.165) is 34.1 Å². The van der Waals surface area contributed by atoms with Gasteiger partial charge in [-0.25, -0.2) is 0 Å². The first-order valence-corrected chi connectivity index (χ1v) is 10.9. The summed E-state index contributed by atoms with van der Waals surface area (Å²) >= 11 is 0. The van der Waals surface area contributed by atoms with Crippen molar-refractivity contribution in [2.45, 2.75) is 0 Å². The number of anilines is 6. The van der Waals surface area contributed by atoms with Crippen LogP contribution in [-0.2, 0) is 0 Å². The van der Waals surface area contributed by atoms with Gasteiger partial charge in [-0.3, -0.25) is 0 Å². The van der Waals surface area contributed by atoms with Gasteiger partial charge in [-0.1, -0.05) is 72.8 Å². The van der Waals surface area contributed by atoms with Gasteiger partial charge >= 0.3 is 0 Å². The highest BCUT2D eigenvalue weighted by atomic mass is 15.1. The topological polar surface area (TPSA) is 41.3 Å². The molecule has 0 atom stereocenters. The maximum absolute atomic E-state index is 5.79. The van der Waals surface area contributed by atoms with Crippen LogP contribution in [0.1, 0.15) is 0 Å². The summed E-state index contributed by atoms with van der Waals surface area (Å²) in [5, 5.41) is 3.30. The van der Waals surface area contributed by atoms with Crippen molar-refractivity contribution in [3.8, 4) is 0 Å². The van der Waals surface area contributed by atoms with E-state index < -0.39 is 0 Å². The smallest absolute Gasteiger partial charge is 0.0463 e. The van der Waals surface area contributed by atoms with Crippen LogP contribution in [0.4, 0.5) is 34.1 Å². The lowest BCUT2D eigenvalue weighted by atomic mass is 10.2. The zero-order valence-corrected chi connectivity index (χ0v) is 18.4. The molecule has 0 saturated heterocycles. The highest BCUT2D eigenvalue weighted by Gasteiger charge is 2.10. The van der Waals surface area contributed by atoms with Gasteiger partial charge in [0.2, 0.25) is 0 Å².